The largest absolute Gasteiger partial charge is 0.355 e. The molecule has 3 nitrogen and oxygen atoms in total. The molecule has 106 valence electrons. The van der Waals surface area contributed by atoms with E-state index in [0.717, 1.165) is 24.4 Å². The Morgan fingerprint density at radius 1 is 1.32 bits per heavy atom. The van der Waals surface area contributed by atoms with E-state index in [0.29, 0.717) is 0 Å². The first-order chi connectivity index (χ1) is 8.99. The van der Waals surface area contributed by atoms with Gasteiger partial charge >= 0.3 is 0 Å². The third kappa shape index (κ3) is 6.64. The van der Waals surface area contributed by atoms with Crippen LogP contribution >= 0.6 is 11.8 Å². The van der Waals surface area contributed by atoms with E-state index < -0.39 is 0 Å². The molecule has 4 heteroatoms. The maximum atomic E-state index is 11.9. The lowest BCUT2D eigenvalue weighted by atomic mass is 10.2. The summed E-state index contributed by atoms with van der Waals surface area (Å²) in [5.74, 6) is 0.115. The molecule has 19 heavy (non-hydrogen) atoms. The minimum Gasteiger partial charge on any atom is -0.355 e. The van der Waals surface area contributed by atoms with Crippen molar-refractivity contribution in [2.75, 3.05) is 27.2 Å². The number of carbonyl (C=O) groups is 1. The second-order valence-electron chi connectivity index (χ2n) is 5.02. The number of aryl methyl sites for hydroxylation is 1. The third-order valence-electron chi connectivity index (χ3n) is 2.78. The fraction of sp³-hybridized carbons (Fsp3) is 0.533. The van der Waals surface area contributed by atoms with Crippen molar-refractivity contribution in [1.82, 2.24) is 10.2 Å². The van der Waals surface area contributed by atoms with Crippen LogP contribution in [0.2, 0.25) is 0 Å². The zero-order valence-electron chi connectivity index (χ0n) is 12.3. The lowest BCUT2D eigenvalue weighted by Crippen LogP contribution is -2.32. The normalized spacial score (nSPS) is 12.5. The van der Waals surface area contributed by atoms with Gasteiger partial charge in [-0.2, -0.15) is 0 Å². The van der Waals surface area contributed by atoms with Gasteiger partial charge in [-0.15, -0.1) is 11.8 Å². The van der Waals surface area contributed by atoms with Gasteiger partial charge in [-0.05, 0) is 53.0 Å². The van der Waals surface area contributed by atoms with Crippen LogP contribution in [0, 0.1) is 6.92 Å². The number of rotatable bonds is 7. The van der Waals surface area contributed by atoms with E-state index in [4.69, 9.17) is 0 Å². The number of thioether (sulfide) groups is 1. The van der Waals surface area contributed by atoms with E-state index >= 15 is 0 Å². The average Bonchev–Trinajstić information content (AvgIpc) is 2.36. The molecular formula is C15H24N2OS. The molecule has 0 saturated carbocycles. The van der Waals surface area contributed by atoms with Gasteiger partial charge in [0.05, 0.1) is 5.25 Å². The molecule has 0 spiro atoms. The lowest BCUT2D eigenvalue weighted by molar-refractivity contribution is -0.120. The highest BCUT2D eigenvalue weighted by molar-refractivity contribution is 8.00. The predicted octanol–water partition coefficient (Wildman–Crippen LogP) is 2.54. The van der Waals surface area contributed by atoms with Crippen molar-refractivity contribution in [2.45, 2.75) is 30.4 Å². The second kappa shape index (κ2) is 8.23. The van der Waals surface area contributed by atoms with Crippen LogP contribution in [0.15, 0.2) is 29.2 Å². The number of carbonyl (C=O) groups excluding carboxylic acids is 1. The monoisotopic (exact) mass is 280 g/mol. The van der Waals surface area contributed by atoms with Crippen LogP contribution in [0.4, 0.5) is 0 Å². The minimum atomic E-state index is -0.0536. The van der Waals surface area contributed by atoms with Crippen molar-refractivity contribution in [3.8, 4) is 0 Å². The summed E-state index contributed by atoms with van der Waals surface area (Å²) in [7, 11) is 4.08. The van der Waals surface area contributed by atoms with Gasteiger partial charge in [-0.3, -0.25) is 4.79 Å². The Kier molecular flexibility index (Phi) is 6.95. The van der Waals surface area contributed by atoms with Gasteiger partial charge in [0.15, 0.2) is 0 Å². The van der Waals surface area contributed by atoms with Crippen LogP contribution in [0.3, 0.4) is 0 Å². The molecule has 0 aliphatic heterocycles. The van der Waals surface area contributed by atoms with E-state index in [1.54, 1.807) is 11.8 Å². The van der Waals surface area contributed by atoms with E-state index in [9.17, 15) is 4.79 Å². The number of benzene rings is 1. The number of amides is 1. The van der Waals surface area contributed by atoms with Gasteiger partial charge < -0.3 is 10.2 Å². The van der Waals surface area contributed by atoms with Crippen LogP contribution in [0.1, 0.15) is 18.9 Å². The van der Waals surface area contributed by atoms with Gasteiger partial charge in [0.2, 0.25) is 5.91 Å². The third-order valence-corrected chi connectivity index (χ3v) is 3.90. The van der Waals surface area contributed by atoms with Crippen LogP contribution in [0.25, 0.3) is 0 Å². The number of nitrogens with zero attached hydrogens (tertiary/aromatic N) is 1. The Labute approximate surface area is 120 Å². The maximum absolute atomic E-state index is 11.9. The Morgan fingerprint density at radius 2 is 1.95 bits per heavy atom. The fourth-order valence-corrected chi connectivity index (χ4v) is 2.52. The van der Waals surface area contributed by atoms with E-state index in [1.807, 2.05) is 21.0 Å². The standard InChI is InChI=1S/C15H24N2OS/c1-12-6-8-14(9-7-12)19-13(2)15(18)16-10-5-11-17(3)4/h6-9,13H,5,10-11H2,1-4H3,(H,16,18)/t13-/m1/s1. The first kappa shape index (κ1) is 16.1. The van der Waals surface area contributed by atoms with Crippen molar-refractivity contribution >= 4 is 17.7 Å². The fourth-order valence-electron chi connectivity index (χ4n) is 1.63. The van der Waals surface area contributed by atoms with Crippen LogP contribution in [-0.4, -0.2) is 43.2 Å². The molecule has 0 aliphatic carbocycles. The summed E-state index contributed by atoms with van der Waals surface area (Å²) in [4.78, 5) is 15.2. The maximum Gasteiger partial charge on any atom is 0.233 e. The molecule has 0 heterocycles. The highest BCUT2D eigenvalue weighted by Gasteiger charge is 2.13. The van der Waals surface area contributed by atoms with Gasteiger partial charge in [0.1, 0.15) is 0 Å². The summed E-state index contributed by atoms with van der Waals surface area (Å²) in [5.41, 5.74) is 1.24. The molecular weight excluding hydrogens is 256 g/mol. The van der Waals surface area contributed by atoms with E-state index in [1.165, 1.54) is 5.56 Å². The first-order valence-electron chi connectivity index (χ1n) is 6.65. The summed E-state index contributed by atoms with van der Waals surface area (Å²) < 4.78 is 0. The molecule has 0 bridgehead atoms. The Bertz CT molecular complexity index is 390. The molecule has 1 aromatic carbocycles. The smallest absolute Gasteiger partial charge is 0.233 e. The summed E-state index contributed by atoms with van der Waals surface area (Å²) in [6, 6.07) is 8.28. The van der Waals surface area contributed by atoms with Gasteiger partial charge in [0, 0.05) is 11.4 Å². The zero-order valence-corrected chi connectivity index (χ0v) is 13.1. The number of hydrogen-bond donors (Lipinski definition) is 1. The van der Waals surface area contributed by atoms with Crippen molar-refractivity contribution < 1.29 is 4.79 Å². The molecule has 1 aromatic rings. The van der Waals surface area contributed by atoms with Crippen molar-refractivity contribution in [3.63, 3.8) is 0 Å². The quantitative estimate of drug-likeness (QED) is 0.615. The molecule has 0 saturated heterocycles. The molecule has 0 aromatic heterocycles. The molecule has 1 N–H and O–H groups in total. The molecule has 1 rings (SSSR count). The highest BCUT2D eigenvalue weighted by atomic mass is 32.2. The number of hydrogen-bond acceptors (Lipinski definition) is 3. The Morgan fingerprint density at radius 3 is 2.53 bits per heavy atom. The lowest BCUT2D eigenvalue weighted by Gasteiger charge is -2.13. The van der Waals surface area contributed by atoms with Crippen molar-refractivity contribution in [3.05, 3.63) is 29.8 Å². The molecule has 0 radical (unpaired) electrons. The van der Waals surface area contributed by atoms with Crippen molar-refractivity contribution in [1.29, 1.82) is 0 Å². The summed E-state index contributed by atoms with van der Waals surface area (Å²) in [6.07, 6.45) is 0.987. The topological polar surface area (TPSA) is 32.3 Å². The molecule has 0 aliphatic rings. The highest BCUT2D eigenvalue weighted by Crippen LogP contribution is 2.23. The van der Waals surface area contributed by atoms with Crippen LogP contribution in [0.5, 0.6) is 0 Å². The molecule has 1 amide bonds. The average molecular weight is 280 g/mol. The second-order valence-corrected chi connectivity index (χ2v) is 6.44. The zero-order chi connectivity index (χ0) is 14.3. The summed E-state index contributed by atoms with van der Waals surface area (Å²) >= 11 is 1.60. The van der Waals surface area contributed by atoms with E-state index in [-0.39, 0.29) is 11.2 Å². The SMILES string of the molecule is Cc1ccc(S[C@H](C)C(=O)NCCCN(C)C)cc1. The first-order valence-corrected chi connectivity index (χ1v) is 7.53. The predicted molar refractivity (Wildman–Crippen MR) is 82.7 cm³/mol. The van der Waals surface area contributed by atoms with Crippen LogP contribution in [-0.2, 0) is 4.79 Å². The van der Waals surface area contributed by atoms with Crippen LogP contribution < -0.4 is 5.32 Å². The minimum absolute atomic E-state index is 0.0536. The number of nitrogens with one attached hydrogen (secondary N) is 1. The van der Waals surface area contributed by atoms with E-state index in [2.05, 4.69) is 41.4 Å². The Balaban J connectivity index is 2.30. The van der Waals surface area contributed by atoms with Gasteiger partial charge in [-0.25, -0.2) is 0 Å². The molecule has 1 atom stereocenters. The molecule has 0 unspecified atom stereocenters. The summed E-state index contributed by atoms with van der Waals surface area (Å²) in [5, 5.41) is 2.93. The van der Waals surface area contributed by atoms with Crippen molar-refractivity contribution in [2.24, 2.45) is 0 Å². The van der Waals surface area contributed by atoms with Gasteiger partial charge in [0.25, 0.3) is 0 Å². The van der Waals surface area contributed by atoms with Gasteiger partial charge in [-0.1, -0.05) is 17.7 Å². The molecule has 0 fully saturated rings. The Hall–Kier alpha value is -1.00. The summed E-state index contributed by atoms with van der Waals surface area (Å²) in [6.45, 7) is 5.76.